The molecule has 9 atom stereocenters. The van der Waals surface area contributed by atoms with Crippen LogP contribution in [0.15, 0.2) is 27.6 Å². The molecule has 1 aromatic heterocycles. The van der Waals surface area contributed by atoms with E-state index in [0.29, 0.717) is 23.8 Å². The topological polar surface area (TPSA) is 91.6 Å². The van der Waals surface area contributed by atoms with Crippen molar-refractivity contribution in [3.05, 3.63) is 34.4 Å². The van der Waals surface area contributed by atoms with Crippen LogP contribution < -0.4 is 16.3 Å². The summed E-state index contributed by atoms with van der Waals surface area (Å²) in [5.41, 5.74) is 0.147. The molecule has 3 N–H and O–H groups in total. The Hall–Kier alpha value is -1.66. The van der Waals surface area contributed by atoms with Gasteiger partial charge in [0, 0.05) is 17.5 Å². The Kier molecular flexibility index (Phi) is 5.72. The van der Waals surface area contributed by atoms with Gasteiger partial charge >= 0.3 is 5.63 Å². The highest BCUT2D eigenvalue weighted by atomic mass is 16.4. The fourth-order valence-electron chi connectivity index (χ4n) is 9.67. The third-order valence-electron chi connectivity index (χ3n) is 11.7. The maximum atomic E-state index is 12.7. The van der Waals surface area contributed by atoms with Crippen LogP contribution in [0.25, 0.3) is 0 Å². The summed E-state index contributed by atoms with van der Waals surface area (Å²) in [7, 11) is 0. The van der Waals surface area contributed by atoms with E-state index in [4.69, 9.17) is 4.42 Å². The molecule has 5 aliphatic rings. The Morgan fingerprint density at radius 3 is 2.66 bits per heavy atom. The minimum atomic E-state index is -0.663. The standard InChI is InChI=1S/C29H42N2O4/c1-27-12-9-20(31-26(33)24-4-3-15-30-24)16-19(27)6-7-23-22(27)10-13-28(2)21(11-14-29(23,28)34)18-5-8-25(32)35-17-18/h5,8,17,19-24,30,34H,3-4,6-7,9-16H2,1-2H3,(H,31,33)/t19-,20-,21-,22+,23-,24+,27+,28-,29+/m1/s1. The van der Waals surface area contributed by atoms with Crippen molar-refractivity contribution in [2.24, 2.45) is 28.6 Å². The second-order valence-corrected chi connectivity index (χ2v) is 13.0. The van der Waals surface area contributed by atoms with Crippen LogP contribution in [0, 0.1) is 28.6 Å². The van der Waals surface area contributed by atoms with Crippen molar-refractivity contribution in [1.29, 1.82) is 0 Å². The molecule has 192 valence electrons. The van der Waals surface area contributed by atoms with E-state index in [2.05, 4.69) is 24.5 Å². The number of hydrogen-bond donors (Lipinski definition) is 3. The van der Waals surface area contributed by atoms with Gasteiger partial charge in [0.2, 0.25) is 5.91 Å². The molecule has 0 aromatic carbocycles. The Bertz CT molecular complexity index is 1010. The van der Waals surface area contributed by atoms with E-state index in [1.807, 2.05) is 6.07 Å². The second-order valence-electron chi connectivity index (χ2n) is 13.0. The van der Waals surface area contributed by atoms with Crippen molar-refractivity contribution in [3.63, 3.8) is 0 Å². The van der Waals surface area contributed by atoms with Gasteiger partial charge in [-0.25, -0.2) is 4.79 Å². The maximum absolute atomic E-state index is 12.7. The van der Waals surface area contributed by atoms with Crippen LogP contribution in [0.1, 0.15) is 96.0 Å². The molecular weight excluding hydrogens is 440 g/mol. The summed E-state index contributed by atoms with van der Waals surface area (Å²) in [5.74, 6) is 1.92. The van der Waals surface area contributed by atoms with Crippen molar-refractivity contribution in [2.75, 3.05) is 6.54 Å². The van der Waals surface area contributed by atoms with Gasteiger partial charge in [0.15, 0.2) is 0 Å². The lowest BCUT2D eigenvalue weighted by Gasteiger charge is -2.63. The summed E-state index contributed by atoms with van der Waals surface area (Å²) in [6, 6.07) is 3.72. The van der Waals surface area contributed by atoms with Crippen LogP contribution in [-0.2, 0) is 4.79 Å². The summed E-state index contributed by atoms with van der Waals surface area (Å²) >= 11 is 0. The third kappa shape index (κ3) is 3.57. The number of fused-ring (bicyclic) bond motifs is 5. The SMILES string of the molecule is C[C@]12CC[C@@H](NC(=O)[C@@H]3CCCN3)C[C@H]1CC[C@@H]1[C@@H]2CC[C@]2(C)[C@@H](c3ccc(=O)oc3)CC[C@]12O. The number of rotatable bonds is 3. The number of aliphatic hydroxyl groups is 1. The lowest BCUT2D eigenvalue weighted by atomic mass is 9.43. The molecule has 2 heterocycles. The van der Waals surface area contributed by atoms with Gasteiger partial charge in [-0.1, -0.05) is 13.8 Å². The van der Waals surface area contributed by atoms with Gasteiger partial charge in [0.1, 0.15) is 0 Å². The van der Waals surface area contributed by atoms with E-state index >= 15 is 0 Å². The largest absolute Gasteiger partial charge is 0.431 e. The fraction of sp³-hybridized carbons (Fsp3) is 0.793. The molecule has 1 aromatic rings. The summed E-state index contributed by atoms with van der Waals surface area (Å²) in [4.78, 5) is 24.2. The Morgan fingerprint density at radius 2 is 1.91 bits per heavy atom. The first-order valence-electron chi connectivity index (χ1n) is 14.1. The number of hydrogen-bond acceptors (Lipinski definition) is 5. The molecule has 6 nitrogen and oxygen atoms in total. The molecule has 5 fully saturated rings. The van der Waals surface area contributed by atoms with Crippen LogP contribution in [0.4, 0.5) is 0 Å². The molecule has 0 spiro atoms. The first-order chi connectivity index (χ1) is 16.7. The zero-order chi connectivity index (χ0) is 24.4. The molecule has 0 unspecified atom stereocenters. The fourth-order valence-corrected chi connectivity index (χ4v) is 9.67. The first-order valence-corrected chi connectivity index (χ1v) is 14.1. The number of carbonyl (C=O) groups excluding carboxylic acids is 1. The normalized spacial score (nSPS) is 46.9. The summed E-state index contributed by atoms with van der Waals surface area (Å²) in [6.45, 7) is 5.74. The monoisotopic (exact) mass is 482 g/mol. The molecule has 1 aliphatic heterocycles. The van der Waals surface area contributed by atoms with E-state index in [9.17, 15) is 14.7 Å². The molecule has 0 bridgehead atoms. The van der Waals surface area contributed by atoms with Gasteiger partial charge in [-0.3, -0.25) is 4.79 Å². The van der Waals surface area contributed by atoms with Gasteiger partial charge in [-0.05, 0) is 118 Å². The van der Waals surface area contributed by atoms with Gasteiger partial charge in [0.05, 0.1) is 17.9 Å². The third-order valence-corrected chi connectivity index (χ3v) is 11.7. The lowest BCUT2D eigenvalue weighted by Crippen LogP contribution is -2.62. The van der Waals surface area contributed by atoms with E-state index in [0.717, 1.165) is 82.7 Å². The van der Waals surface area contributed by atoms with Gasteiger partial charge in [-0.15, -0.1) is 0 Å². The van der Waals surface area contributed by atoms with E-state index < -0.39 is 5.60 Å². The smallest absolute Gasteiger partial charge is 0.335 e. The minimum Gasteiger partial charge on any atom is -0.431 e. The van der Waals surface area contributed by atoms with E-state index in [1.54, 1.807) is 6.26 Å². The molecule has 35 heavy (non-hydrogen) atoms. The quantitative estimate of drug-likeness (QED) is 0.603. The van der Waals surface area contributed by atoms with Crippen LogP contribution in [0.5, 0.6) is 0 Å². The van der Waals surface area contributed by atoms with Crippen molar-refractivity contribution < 1.29 is 14.3 Å². The molecule has 4 saturated carbocycles. The van der Waals surface area contributed by atoms with Crippen LogP contribution in [-0.4, -0.2) is 35.2 Å². The average Bonchev–Trinajstić information content (AvgIpc) is 3.47. The number of nitrogens with one attached hydrogen (secondary N) is 2. The second kappa shape index (κ2) is 8.44. The molecule has 6 heteroatoms. The van der Waals surface area contributed by atoms with E-state index in [-0.39, 0.29) is 34.3 Å². The molecule has 1 saturated heterocycles. The Balaban J connectivity index is 1.19. The predicted octanol–water partition coefficient (Wildman–Crippen LogP) is 4.12. The van der Waals surface area contributed by atoms with Crippen molar-refractivity contribution in [1.82, 2.24) is 10.6 Å². The zero-order valence-electron chi connectivity index (χ0n) is 21.4. The predicted molar refractivity (Wildman–Crippen MR) is 134 cm³/mol. The van der Waals surface area contributed by atoms with Gasteiger partial charge in [-0.2, -0.15) is 0 Å². The van der Waals surface area contributed by atoms with Gasteiger partial charge in [0.25, 0.3) is 0 Å². The number of amides is 1. The molecule has 6 rings (SSSR count). The van der Waals surface area contributed by atoms with Crippen molar-refractivity contribution in [3.8, 4) is 0 Å². The Morgan fingerprint density at radius 1 is 1.06 bits per heavy atom. The van der Waals surface area contributed by atoms with Crippen LogP contribution in [0.3, 0.4) is 0 Å². The zero-order valence-corrected chi connectivity index (χ0v) is 21.4. The summed E-state index contributed by atoms with van der Waals surface area (Å²) in [6.07, 6.45) is 13.1. The molecular formula is C29H42N2O4. The Labute approximate surface area is 208 Å². The minimum absolute atomic E-state index is 0.00253. The van der Waals surface area contributed by atoms with Gasteiger partial charge < -0.3 is 20.2 Å². The molecule has 0 radical (unpaired) electrons. The summed E-state index contributed by atoms with van der Waals surface area (Å²) < 4.78 is 5.22. The molecule has 4 aliphatic carbocycles. The van der Waals surface area contributed by atoms with E-state index in [1.165, 1.54) is 6.07 Å². The highest BCUT2D eigenvalue weighted by Crippen LogP contribution is 2.70. The maximum Gasteiger partial charge on any atom is 0.335 e. The van der Waals surface area contributed by atoms with Crippen LogP contribution in [0.2, 0.25) is 0 Å². The van der Waals surface area contributed by atoms with Crippen molar-refractivity contribution >= 4 is 5.91 Å². The highest BCUT2D eigenvalue weighted by molar-refractivity contribution is 5.82. The average molecular weight is 483 g/mol. The highest BCUT2D eigenvalue weighted by Gasteiger charge is 2.67. The summed E-state index contributed by atoms with van der Waals surface area (Å²) in [5, 5.41) is 19.1. The van der Waals surface area contributed by atoms with Crippen molar-refractivity contribution in [2.45, 2.75) is 108 Å². The molecule has 1 amide bonds. The lowest BCUT2D eigenvalue weighted by molar-refractivity contribution is -0.202. The first kappa shape index (κ1) is 23.7. The van der Waals surface area contributed by atoms with Crippen LogP contribution >= 0.6 is 0 Å². The number of carbonyl (C=O) groups is 1.